The van der Waals surface area contributed by atoms with Crippen molar-refractivity contribution in [1.82, 2.24) is 15.3 Å². The minimum absolute atomic E-state index is 0.712. The summed E-state index contributed by atoms with van der Waals surface area (Å²) in [6.45, 7) is 0.712. The molecule has 0 saturated carbocycles. The third-order valence-electron chi connectivity index (χ3n) is 2.14. The van der Waals surface area contributed by atoms with E-state index in [-0.39, 0.29) is 0 Å². The summed E-state index contributed by atoms with van der Waals surface area (Å²) in [7, 11) is 0. The van der Waals surface area contributed by atoms with Gasteiger partial charge >= 0.3 is 0 Å². The first-order valence-electron chi connectivity index (χ1n) is 4.93. The quantitative estimate of drug-likeness (QED) is 0.816. The molecule has 3 nitrogen and oxygen atoms in total. The van der Waals surface area contributed by atoms with Gasteiger partial charge < -0.3 is 5.32 Å². The van der Waals surface area contributed by atoms with Crippen LogP contribution in [0.2, 0.25) is 0 Å². The van der Waals surface area contributed by atoms with Crippen LogP contribution in [-0.2, 0) is 6.54 Å². The minimum Gasteiger partial charge on any atom is -0.372 e. The first-order chi connectivity index (χ1) is 7.86. The Balaban J connectivity index is 1.95. The average molecular weight is 229 g/mol. The predicted molar refractivity (Wildman–Crippen MR) is 67.0 cm³/mol. The molecular formula is C12H11N3S. The molecule has 4 heteroatoms. The normalized spacial score (nSPS) is 9.75. The van der Waals surface area contributed by atoms with Crippen molar-refractivity contribution < 1.29 is 0 Å². The first kappa shape index (κ1) is 10.7. The fourth-order valence-electron chi connectivity index (χ4n) is 1.29. The van der Waals surface area contributed by atoms with Crippen molar-refractivity contribution in [1.29, 1.82) is 0 Å². The fourth-order valence-corrected chi connectivity index (χ4v) is 1.50. The molecule has 0 bridgehead atoms. The van der Waals surface area contributed by atoms with Crippen LogP contribution in [0.5, 0.6) is 0 Å². The van der Waals surface area contributed by atoms with Crippen molar-refractivity contribution >= 4 is 17.2 Å². The maximum Gasteiger partial charge on any atom is 0.106 e. The van der Waals surface area contributed by atoms with Gasteiger partial charge in [0, 0.05) is 36.9 Å². The van der Waals surface area contributed by atoms with Crippen LogP contribution in [0.4, 0.5) is 0 Å². The Morgan fingerprint density at radius 3 is 2.19 bits per heavy atom. The van der Waals surface area contributed by atoms with Gasteiger partial charge in [-0.1, -0.05) is 12.2 Å². The molecule has 1 N–H and O–H groups in total. The molecule has 2 rings (SSSR count). The van der Waals surface area contributed by atoms with Crippen LogP contribution in [0.15, 0.2) is 49.1 Å². The number of aromatic nitrogens is 2. The number of nitrogens with zero attached hydrogens (tertiary/aromatic N) is 2. The second kappa shape index (κ2) is 5.32. The van der Waals surface area contributed by atoms with Crippen molar-refractivity contribution in [2.24, 2.45) is 0 Å². The summed E-state index contributed by atoms with van der Waals surface area (Å²) in [5, 5.41) is 3.19. The van der Waals surface area contributed by atoms with E-state index in [1.165, 1.54) is 0 Å². The molecule has 0 aromatic carbocycles. The highest BCUT2D eigenvalue weighted by Crippen LogP contribution is 2.00. The van der Waals surface area contributed by atoms with Crippen molar-refractivity contribution in [2.75, 3.05) is 0 Å². The summed E-state index contributed by atoms with van der Waals surface area (Å²) in [5.41, 5.74) is 2.14. The Morgan fingerprint density at radius 2 is 1.56 bits per heavy atom. The summed E-state index contributed by atoms with van der Waals surface area (Å²) in [6, 6.07) is 7.70. The van der Waals surface area contributed by atoms with E-state index in [4.69, 9.17) is 12.2 Å². The van der Waals surface area contributed by atoms with Gasteiger partial charge in [0.05, 0.1) is 0 Å². The SMILES string of the molecule is S=C(NCc1ccncc1)c1ccncc1. The minimum atomic E-state index is 0.712. The molecule has 80 valence electrons. The lowest BCUT2D eigenvalue weighted by atomic mass is 10.2. The zero-order valence-electron chi connectivity index (χ0n) is 8.63. The third-order valence-corrected chi connectivity index (χ3v) is 2.52. The molecular weight excluding hydrogens is 218 g/mol. The first-order valence-corrected chi connectivity index (χ1v) is 5.34. The highest BCUT2D eigenvalue weighted by molar-refractivity contribution is 7.80. The number of rotatable bonds is 3. The Hall–Kier alpha value is -1.81. The van der Waals surface area contributed by atoms with E-state index in [0.29, 0.717) is 6.54 Å². The number of thiocarbonyl (C=S) groups is 1. The Bertz CT molecular complexity index is 456. The number of hydrogen-bond acceptors (Lipinski definition) is 3. The maximum atomic E-state index is 5.27. The molecule has 0 saturated heterocycles. The number of nitrogens with one attached hydrogen (secondary N) is 1. The highest BCUT2D eigenvalue weighted by Gasteiger charge is 1.99. The van der Waals surface area contributed by atoms with Crippen LogP contribution in [-0.4, -0.2) is 15.0 Å². The number of pyridine rings is 2. The molecule has 16 heavy (non-hydrogen) atoms. The van der Waals surface area contributed by atoms with Crippen LogP contribution in [0.1, 0.15) is 11.1 Å². The van der Waals surface area contributed by atoms with Gasteiger partial charge in [-0.25, -0.2) is 0 Å². The van der Waals surface area contributed by atoms with Gasteiger partial charge in [0.2, 0.25) is 0 Å². The largest absolute Gasteiger partial charge is 0.372 e. The van der Waals surface area contributed by atoms with Gasteiger partial charge in [0.15, 0.2) is 0 Å². The predicted octanol–water partition coefficient (Wildman–Crippen LogP) is 1.94. The van der Waals surface area contributed by atoms with E-state index in [2.05, 4.69) is 15.3 Å². The average Bonchev–Trinajstić information content (AvgIpc) is 2.38. The molecule has 0 aliphatic carbocycles. The summed E-state index contributed by atoms with van der Waals surface area (Å²) in [4.78, 5) is 8.65. The van der Waals surface area contributed by atoms with Crippen molar-refractivity contribution in [3.63, 3.8) is 0 Å². The molecule has 2 aromatic heterocycles. The van der Waals surface area contributed by atoms with E-state index < -0.39 is 0 Å². The zero-order valence-corrected chi connectivity index (χ0v) is 9.45. The molecule has 0 aliphatic heterocycles. The second-order valence-corrected chi connectivity index (χ2v) is 3.68. The lowest BCUT2D eigenvalue weighted by molar-refractivity contribution is 0.924. The van der Waals surface area contributed by atoms with E-state index in [9.17, 15) is 0 Å². The van der Waals surface area contributed by atoms with Crippen LogP contribution in [0.25, 0.3) is 0 Å². The Labute approximate surface area is 99.6 Å². The topological polar surface area (TPSA) is 37.8 Å². The maximum absolute atomic E-state index is 5.27. The molecule has 0 fully saturated rings. The standard InChI is InChI=1S/C12H11N3S/c16-12(11-3-7-14-8-4-11)15-9-10-1-5-13-6-2-10/h1-8H,9H2,(H,15,16). The van der Waals surface area contributed by atoms with E-state index in [1.807, 2.05) is 24.3 Å². The van der Waals surface area contributed by atoms with Gasteiger partial charge in [0.25, 0.3) is 0 Å². The van der Waals surface area contributed by atoms with E-state index >= 15 is 0 Å². The van der Waals surface area contributed by atoms with Gasteiger partial charge in [0.1, 0.15) is 4.99 Å². The number of hydrogen-bond donors (Lipinski definition) is 1. The molecule has 2 heterocycles. The Kier molecular flexibility index (Phi) is 3.56. The van der Waals surface area contributed by atoms with Gasteiger partial charge in [-0.3, -0.25) is 9.97 Å². The third kappa shape index (κ3) is 2.84. The molecule has 0 spiro atoms. The monoisotopic (exact) mass is 229 g/mol. The molecule has 0 atom stereocenters. The van der Waals surface area contributed by atoms with Gasteiger partial charge in [-0.2, -0.15) is 0 Å². The second-order valence-electron chi connectivity index (χ2n) is 3.27. The van der Waals surface area contributed by atoms with Crippen LogP contribution < -0.4 is 5.32 Å². The van der Waals surface area contributed by atoms with Crippen LogP contribution >= 0.6 is 12.2 Å². The van der Waals surface area contributed by atoms with Crippen LogP contribution in [0, 0.1) is 0 Å². The van der Waals surface area contributed by atoms with E-state index in [1.54, 1.807) is 24.8 Å². The Morgan fingerprint density at radius 1 is 1.00 bits per heavy atom. The van der Waals surface area contributed by atoms with Crippen molar-refractivity contribution in [3.05, 3.63) is 60.2 Å². The van der Waals surface area contributed by atoms with Gasteiger partial charge in [-0.15, -0.1) is 0 Å². The summed E-state index contributed by atoms with van der Waals surface area (Å²) in [5.74, 6) is 0. The smallest absolute Gasteiger partial charge is 0.106 e. The fraction of sp³-hybridized carbons (Fsp3) is 0.0833. The molecule has 0 unspecified atom stereocenters. The van der Waals surface area contributed by atoms with Crippen molar-refractivity contribution in [3.8, 4) is 0 Å². The molecule has 0 radical (unpaired) electrons. The molecule has 0 aliphatic rings. The highest BCUT2D eigenvalue weighted by atomic mass is 32.1. The summed E-state index contributed by atoms with van der Waals surface area (Å²) in [6.07, 6.45) is 7.00. The summed E-state index contributed by atoms with van der Waals surface area (Å²) < 4.78 is 0. The van der Waals surface area contributed by atoms with Crippen LogP contribution in [0.3, 0.4) is 0 Å². The molecule has 0 amide bonds. The van der Waals surface area contributed by atoms with Gasteiger partial charge in [-0.05, 0) is 29.8 Å². The lowest BCUT2D eigenvalue weighted by Crippen LogP contribution is -2.21. The van der Waals surface area contributed by atoms with Crippen molar-refractivity contribution in [2.45, 2.75) is 6.54 Å². The van der Waals surface area contributed by atoms with E-state index in [0.717, 1.165) is 16.1 Å². The zero-order chi connectivity index (χ0) is 11.2. The lowest BCUT2D eigenvalue weighted by Gasteiger charge is -2.07. The molecule has 2 aromatic rings. The summed E-state index contributed by atoms with van der Waals surface area (Å²) >= 11 is 5.27.